The van der Waals surface area contributed by atoms with Crippen molar-refractivity contribution in [2.75, 3.05) is 30.0 Å². The molecule has 0 bridgehead atoms. The lowest BCUT2D eigenvalue weighted by molar-refractivity contribution is -0.127. The number of unbranched alkanes of at least 4 members (excludes halogenated alkanes) is 2. The Bertz CT molecular complexity index is 1740. The number of aliphatic hydroxyl groups excluding tert-OH is 1. The largest absolute Gasteiger partial charge is 0.492 e. The van der Waals surface area contributed by atoms with Crippen LogP contribution in [0.15, 0.2) is 16.9 Å². The highest BCUT2D eigenvalue weighted by atomic mass is 32.1. The zero-order valence-electron chi connectivity index (χ0n) is 28.7. The average molecular weight is 648 g/mol. The van der Waals surface area contributed by atoms with Crippen LogP contribution in [-0.4, -0.2) is 45.9 Å². The van der Waals surface area contributed by atoms with E-state index in [1.165, 1.54) is 18.4 Å². The van der Waals surface area contributed by atoms with Crippen molar-refractivity contribution in [1.29, 1.82) is 5.26 Å². The number of aromatic nitrogens is 2. The molecule has 3 aromatic rings. The lowest BCUT2D eigenvalue weighted by atomic mass is 9.92. The Morgan fingerprint density at radius 2 is 1.67 bits per heavy atom. The third kappa shape index (κ3) is 7.54. The van der Waals surface area contributed by atoms with Gasteiger partial charge in [0.25, 0.3) is 5.56 Å². The van der Waals surface area contributed by atoms with Gasteiger partial charge in [-0.2, -0.15) is 9.94 Å². The van der Waals surface area contributed by atoms with E-state index < -0.39 is 22.8 Å². The molecule has 0 saturated carbocycles. The molecular formula is C36H49N5O4S. The standard InChI is InChI=1S/C36H49N5O4S/c1-10-14-16-40(17-15-11-2)35-38-31(30-25(12-3)18-24(22-42)19-26(30)13-4)29(46-35)20-27-23(5)28(21-37)33(44)41(32(27)43)39(9)34(45)36(6,7)8/h18-20,42,44H,5,10-17,22H2,1-4,6-9H3/b27-20-. The number of pyridine rings is 1. The second-order valence-electron chi connectivity index (χ2n) is 12.6. The summed E-state index contributed by atoms with van der Waals surface area (Å²) in [7, 11) is 1.40. The fourth-order valence-corrected chi connectivity index (χ4v) is 6.56. The van der Waals surface area contributed by atoms with E-state index >= 15 is 0 Å². The van der Waals surface area contributed by atoms with Gasteiger partial charge in [0.15, 0.2) is 5.13 Å². The molecular weight excluding hydrogens is 598 g/mol. The van der Waals surface area contributed by atoms with E-state index in [2.05, 4.69) is 39.2 Å². The molecule has 0 spiro atoms. The van der Waals surface area contributed by atoms with Gasteiger partial charge in [-0.3, -0.25) is 9.59 Å². The van der Waals surface area contributed by atoms with E-state index in [4.69, 9.17) is 4.98 Å². The van der Waals surface area contributed by atoms with Gasteiger partial charge >= 0.3 is 0 Å². The molecule has 0 aliphatic heterocycles. The monoisotopic (exact) mass is 647 g/mol. The van der Waals surface area contributed by atoms with Crippen molar-refractivity contribution < 1.29 is 15.0 Å². The molecule has 2 aromatic heterocycles. The van der Waals surface area contributed by atoms with Gasteiger partial charge in [-0.1, -0.05) is 91.4 Å². The highest BCUT2D eigenvalue weighted by molar-refractivity contribution is 7.16. The first kappa shape index (κ1) is 36.5. The number of aryl methyl sites for hydroxylation is 2. The van der Waals surface area contributed by atoms with Gasteiger partial charge in [0.2, 0.25) is 11.8 Å². The summed E-state index contributed by atoms with van der Waals surface area (Å²) >= 11 is 1.47. The Morgan fingerprint density at radius 1 is 1.11 bits per heavy atom. The fourth-order valence-electron chi connectivity index (χ4n) is 5.49. The summed E-state index contributed by atoms with van der Waals surface area (Å²) in [6.07, 6.45) is 7.22. The second kappa shape index (κ2) is 15.6. The Morgan fingerprint density at radius 3 is 2.13 bits per heavy atom. The van der Waals surface area contributed by atoms with Crippen LogP contribution in [0.3, 0.4) is 0 Å². The molecule has 248 valence electrons. The lowest BCUT2D eigenvalue weighted by Gasteiger charge is -2.27. The van der Waals surface area contributed by atoms with E-state index in [1.54, 1.807) is 26.8 Å². The van der Waals surface area contributed by atoms with Crippen molar-refractivity contribution in [3.05, 3.63) is 60.1 Å². The van der Waals surface area contributed by atoms with Crippen molar-refractivity contribution in [3.63, 3.8) is 0 Å². The van der Waals surface area contributed by atoms with Gasteiger partial charge in [0.1, 0.15) is 11.6 Å². The first-order valence-corrected chi connectivity index (χ1v) is 17.0. The van der Waals surface area contributed by atoms with Crippen LogP contribution < -0.4 is 25.9 Å². The maximum absolute atomic E-state index is 14.1. The van der Waals surface area contributed by atoms with Crippen LogP contribution in [0.25, 0.3) is 23.9 Å². The SMILES string of the molecule is C=c1c(C#N)c(O)n(N(C)C(=O)C(C)(C)C)c(=O)/c1=C\c1sc(N(CCCC)CCCC)nc1-c1c(CC)cc(CO)cc1CC. The van der Waals surface area contributed by atoms with Gasteiger partial charge in [-0.15, -0.1) is 0 Å². The summed E-state index contributed by atoms with van der Waals surface area (Å²) in [4.78, 5) is 35.6. The molecule has 1 aromatic carbocycles. The number of rotatable bonds is 13. The van der Waals surface area contributed by atoms with Crippen molar-refractivity contribution in [2.45, 2.75) is 93.6 Å². The van der Waals surface area contributed by atoms with Gasteiger partial charge < -0.3 is 15.1 Å². The van der Waals surface area contributed by atoms with Crippen LogP contribution in [-0.2, 0) is 24.2 Å². The molecule has 3 rings (SSSR count). The maximum atomic E-state index is 14.1. The molecule has 10 heteroatoms. The predicted octanol–water partition coefficient (Wildman–Crippen LogP) is 4.95. The number of anilines is 1. The number of nitrogens with zero attached hydrogens (tertiary/aromatic N) is 5. The molecule has 0 aliphatic rings. The molecule has 0 atom stereocenters. The van der Waals surface area contributed by atoms with E-state index in [0.717, 1.165) is 75.8 Å². The number of benzene rings is 1. The molecule has 2 N–H and O–H groups in total. The molecule has 9 nitrogen and oxygen atoms in total. The first-order valence-electron chi connectivity index (χ1n) is 16.2. The first-order chi connectivity index (χ1) is 21.8. The fraction of sp³-hybridized carbons (Fsp3) is 0.500. The van der Waals surface area contributed by atoms with Gasteiger partial charge in [0, 0.05) is 36.3 Å². The van der Waals surface area contributed by atoms with Crippen LogP contribution in [0.1, 0.15) is 101 Å². The smallest absolute Gasteiger partial charge is 0.280 e. The Labute approximate surface area is 276 Å². The Balaban J connectivity index is 2.50. The number of nitriles is 1. The molecule has 1 amide bonds. The minimum Gasteiger partial charge on any atom is -0.492 e. The number of carbonyl (C=O) groups excluding carboxylic acids is 1. The van der Waals surface area contributed by atoms with Crippen molar-refractivity contribution in [1.82, 2.24) is 9.66 Å². The summed E-state index contributed by atoms with van der Waals surface area (Å²) in [6, 6.07) is 5.99. The highest BCUT2D eigenvalue weighted by Gasteiger charge is 2.29. The average Bonchev–Trinajstić information content (AvgIpc) is 3.44. The van der Waals surface area contributed by atoms with Crippen LogP contribution in [0.5, 0.6) is 5.88 Å². The Kier molecular flexibility index (Phi) is 12.4. The van der Waals surface area contributed by atoms with E-state index in [9.17, 15) is 25.1 Å². The Hall–Kier alpha value is -3.94. The number of aliphatic hydroxyl groups is 1. The third-order valence-electron chi connectivity index (χ3n) is 8.12. The van der Waals surface area contributed by atoms with Gasteiger partial charge in [-0.25, -0.2) is 9.99 Å². The van der Waals surface area contributed by atoms with Crippen molar-refractivity contribution in [3.8, 4) is 23.2 Å². The third-order valence-corrected chi connectivity index (χ3v) is 9.18. The van der Waals surface area contributed by atoms with Crippen LogP contribution >= 0.6 is 11.3 Å². The summed E-state index contributed by atoms with van der Waals surface area (Å²) in [5.74, 6) is -1.05. The minimum absolute atomic E-state index is 0.0704. The molecule has 0 fully saturated rings. The number of thiazole rings is 1. The van der Waals surface area contributed by atoms with Crippen LogP contribution in [0.4, 0.5) is 5.13 Å². The topological polar surface area (TPSA) is 123 Å². The number of amides is 1. The quantitative estimate of drug-likeness (QED) is 0.269. The summed E-state index contributed by atoms with van der Waals surface area (Å²) in [5, 5.41) is 33.1. The van der Waals surface area contributed by atoms with E-state index in [0.29, 0.717) is 23.4 Å². The normalized spacial score (nSPS) is 12.0. The zero-order valence-corrected chi connectivity index (χ0v) is 29.5. The molecule has 0 aliphatic carbocycles. The van der Waals surface area contributed by atoms with E-state index in [1.807, 2.05) is 18.2 Å². The number of hydrogen-bond acceptors (Lipinski definition) is 8. The van der Waals surface area contributed by atoms with E-state index in [-0.39, 0.29) is 22.6 Å². The summed E-state index contributed by atoms with van der Waals surface area (Å²) < 4.78 is 0.855. The zero-order chi connectivity index (χ0) is 34.3. The summed E-state index contributed by atoms with van der Waals surface area (Å²) in [6.45, 7) is 19.3. The second-order valence-corrected chi connectivity index (χ2v) is 13.6. The summed E-state index contributed by atoms with van der Waals surface area (Å²) in [5.41, 5.74) is 2.88. The molecule has 0 radical (unpaired) electrons. The number of carbonyl (C=O) groups is 1. The van der Waals surface area contributed by atoms with Crippen molar-refractivity contribution >= 4 is 35.0 Å². The number of hydrogen-bond donors (Lipinski definition) is 2. The lowest BCUT2D eigenvalue weighted by Crippen LogP contribution is -2.55. The molecule has 0 saturated heterocycles. The van der Waals surface area contributed by atoms with Crippen LogP contribution in [0, 0.1) is 16.7 Å². The molecule has 0 unspecified atom stereocenters. The maximum Gasteiger partial charge on any atom is 0.280 e. The number of aromatic hydroxyl groups is 1. The van der Waals surface area contributed by atoms with Gasteiger partial charge in [0.05, 0.1) is 22.4 Å². The minimum atomic E-state index is -0.853. The van der Waals surface area contributed by atoms with Crippen molar-refractivity contribution in [2.24, 2.45) is 5.41 Å². The highest BCUT2D eigenvalue weighted by Crippen LogP contribution is 2.38. The van der Waals surface area contributed by atoms with Gasteiger partial charge in [-0.05, 0) is 48.4 Å². The van der Waals surface area contributed by atoms with Crippen LogP contribution in [0.2, 0.25) is 0 Å². The predicted molar refractivity (Wildman–Crippen MR) is 188 cm³/mol. The molecule has 2 heterocycles. The molecule has 46 heavy (non-hydrogen) atoms.